The molecular weight excluding hydrogens is 348 g/mol. The third-order valence-corrected chi connectivity index (χ3v) is 4.48. The first kappa shape index (κ1) is 16.4. The normalized spacial score (nSPS) is 11.7. The van der Waals surface area contributed by atoms with Gasteiger partial charge >= 0.3 is 0 Å². The van der Waals surface area contributed by atoms with Crippen molar-refractivity contribution >= 4 is 33.1 Å². The van der Waals surface area contributed by atoms with Gasteiger partial charge in [0.25, 0.3) is 0 Å². The molecule has 0 saturated heterocycles. The Morgan fingerprint density at radius 1 is 1.29 bits per heavy atom. The first-order valence-corrected chi connectivity index (χ1v) is 8.51. The molecule has 0 fully saturated rings. The standard InChI is InChI=1S/C15H21BrN4S/c1-15(2,3)19-7-12-6-18-14(8-17-12)20(4)9-11-5-13(16)21-10-11/h5-6,8,10,19H,7,9H2,1-4H3. The van der Waals surface area contributed by atoms with Crippen LogP contribution in [0.1, 0.15) is 32.0 Å². The van der Waals surface area contributed by atoms with Crippen molar-refractivity contribution in [2.45, 2.75) is 39.4 Å². The lowest BCUT2D eigenvalue weighted by atomic mass is 10.1. The minimum Gasteiger partial charge on any atom is -0.354 e. The number of anilines is 1. The Morgan fingerprint density at radius 2 is 2.05 bits per heavy atom. The van der Waals surface area contributed by atoms with Gasteiger partial charge in [0.05, 0.1) is 21.9 Å². The molecule has 0 unspecified atom stereocenters. The summed E-state index contributed by atoms with van der Waals surface area (Å²) >= 11 is 5.18. The molecular formula is C15H21BrN4S. The zero-order chi connectivity index (χ0) is 15.5. The molecule has 2 heterocycles. The van der Waals surface area contributed by atoms with E-state index < -0.39 is 0 Å². The number of hydrogen-bond acceptors (Lipinski definition) is 5. The average molecular weight is 369 g/mol. The molecule has 6 heteroatoms. The van der Waals surface area contributed by atoms with Gasteiger partial charge in [-0.3, -0.25) is 4.98 Å². The van der Waals surface area contributed by atoms with Crippen LogP contribution in [0.25, 0.3) is 0 Å². The zero-order valence-electron chi connectivity index (χ0n) is 12.9. The summed E-state index contributed by atoms with van der Waals surface area (Å²) in [6, 6.07) is 2.14. The molecule has 1 N–H and O–H groups in total. The smallest absolute Gasteiger partial charge is 0.147 e. The van der Waals surface area contributed by atoms with Crippen LogP contribution in [0.15, 0.2) is 27.6 Å². The van der Waals surface area contributed by atoms with E-state index in [1.54, 1.807) is 11.3 Å². The molecule has 0 radical (unpaired) electrons. The average Bonchev–Trinajstić information content (AvgIpc) is 2.81. The monoisotopic (exact) mass is 368 g/mol. The fraction of sp³-hybridized carbons (Fsp3) is 0.467. The summed E-state index contributed by atoms with van der Waals surface area (Å²) in [5.74, 6) is 0.886. The summed E-state index contributed by atoms with van der Waals surface area (Å²) in [5, 5.41) is 5.56. The van der Waals surface area contributed by atoms with Crippen molar-refractivity contribution in [1.29, 1.82) is 0 Å². The van der Waals surface area contributed by atoms with Gasteiger partial charge in [0, 0.05) is 25.7 Å². The Hall–Kier alpha value is -0.980. The van der Waals surface area contributed by atoms with E-state index in [-0.39, 0.29) is 5.54 Å². The van der Waals surface area contributed by atoms with Gasteiger partial charge in [-0.25, -0.2) is 4.98 Å². The lowest BCUT2D eigenvalue weighted by Gasteiger charge is -2.20. The maximum Gasteiger partial charge on any atom is 0.147 e. The number of aromatic nitrogens is 2. The molecule has 2 rings (SSSR count). The molecule has 2 aromatic rings. The fourth-order valence-electron chi connectivity index (χ4n) is 1.78. The van der Waals surface area contributed by atoms with Gasteiger partial charge in [0.1, 0.15) is 5.82 Å². The molecule has 0 saturated carbocycles. The first-order chi connectivity index (χ1) is 9.83. The van der Waals surface area contributed by atoms with Gasteiger partial charge in [0.15, 0.2) is 0 Å². The van der Waals surface area contributed by atoms with Crippen LogP contribution < -0.4 is 10.2 Å². The van der Waals surface area contributed by atoms with Crippen LogP contribution >= 0.6 is 27.3 Å². The Balaban J connectivity index is 1.94. The molecule has 0 amide bonds. The topological polar surface area (TPSA) is 41.1 Å². The van der Waals surface area contributed by atoms with E-state index in [1.807, 2.05) is 19.4 Å². The highest BCUT2D eigenvalue weighted by Crippen LogP contribution is 2.22. The van der Waals surface area contributed by atoms with Crippen LogP contribution in [-0.2, 0) is 13.1 Å². The maximum absolute atomic E-state index is 4.50. The second-order valence-corrected chi connectivity index (χ2v) is 8.38. The molecule has 0 aliphatic carbocycles. The Morgan fingerprint density at radius 3 is 2.57 bits per heavy atom. The highest BCUT2D eigenvalue weighted by atomic mass is 79.9. The lowest BCUT2D eigenvalue weighted by molar-refractivity contribution is 0.421. The molecule has 2 aromatic heterocycles. The highest BCUT2D eigenvalue weighted by molar-refractivity contribution is 9.11. The first-order valence-electron chi connectivity index (χ1n) is 6.83. The van der Waals surface area contributed by atoms with E-state index in [9.17, 15) is 0 Å². The third kappa shape index (κ3) is 5.37. The molecule has 0 aliphatic rings. The number of thiophene rings is 1. The minimum absolute atomic E-state index is 0.0868. The van der Waals surface area contributed by atoms with E-state index in [1.165, 1.54) is 5.56 Å². The number of halogens is 1. The lowest BCUT2D eigenvalue weighted by Crippen LogP contribution is -2.35. The van der Waals surface area contributed by atoms with E-state index in [0.29, 0.717) is 0 Å². The van der Waals surface area contributed by atoms with Crippen LogP contribution in [0.2, 0.25) is 0 Å². The molecule has 0 atom stereocenters. The van der Waals surface area contributed by atoms with Crippen molar-refractivity contribution in [2.75, 3.05) is 11.9 Å². The van der Waals surface area contributed by atoms with Crippen molar-refractivity contribution in [2.24, 2.45) is 0 Å². The summed E-state index contributed by atoms with van der Waals surface area (Å²) in [4.78, 5) is 11.1. The Kier molecular flexibility index (Phi) is 5.35. The van der Waals surface area contributed by atoms with Crippen molar-refractivity contribution in [3.05, 3.63) is 38.9 Å². The summed E-state index contributed by atoms with van der Waals surface area (Å²) in [7, 11) is 2.03. The van der Waals surface area contributed by atoms with Crippen molar-refractivity contribution in [3.63, 3.8) is 0 Å². The molecule has 0 aromatic carbocycles. The largest absolute Gasteiger partial charge is 0.354 e. The SMILES string of the molecule is CN(Cc1csc(Br)c1)c1cnc(CNC(C)(C)C)cn1. The van der Waals surface area contributed by atoms with Gasteiger partial charge in [-0.05, 0) is 53.7 Å². The molecule has 4 nitrogen and oxygen atoms in total. The second-order valence-electron chi connectivity index (χ2n) is 6.08. The van der Waals surface area contributed by atoms with Gasteiger partial charge in [-0.15, -0.1) is 11.3 Å². The number of hydrogen-bond donors (Lipinski definition) is 1. The molecule has 21 heavy (non-hydrogen) atoms. The summed E-state index contributed by atoms with van der Waals surface area (Å²) in [5.41, 5.74) is 2.32. The number of nitrogens with zero attached hydrogens (tertiary/aromatic N) is 3. The number of rotatable bonds is 5. The Bertz CT molecular complexity index is 574. The quantitative estimate of drug-likeness (QED) is 0.870. The van der Waals surface area contributed by atoms with E-state index >= 15 is 0 Å². The maximum atomic E-state index is 4.50. The van der Waals surface area contributed by atoms with Crippen molar-refractivity contribution in [1.82, 2.24) is 15.3 Å². The van der Waals surface area contributed by atoms with Crippen LogP contribution in [0, 0.1) is 0 Å². The Labute approximate surface area is 138 Å². The number of nitrogens with one attached hydrogen (secondary N) is 1. The highest BCUT2D eigenvalue weighted by Gasteiger charge is 2.10. The van der Waals surface area contributed by atoms with Gasteiger partial charge < -0.3 is 10.2 Å². The molecule has 0 spiro atoms. The van der Waals surface area contributed by atoms with Gasteiger partial charge in [-0.1, -0.05) is 0 Å². The van der Waals surface area contributed by atoms with E-state index in [0.717, 1.165) is 28.4 Å². The van der Waals surface area contributed by atoms with Crippen LogP contribution in [0.4, 0.5) is 5.82 Å². The zero-order valence-corrected chi connectivity index (χ0v) is 15.3. The van der Waals surface area contributed by atoms with Crippen LogP contribution in [-0.4, -0.2) is 22.6 Å². The van der Waals surface area contributed by atoms with Gasteiger partial charge in [0.2, 0.25) is 0 Å². The molecule has 0 bridgehead atoms. The molecule has 114 valence electrons. The van der Waals surface area contributed by atoms with E-state index in [4.69, 9.17) is 0 Å². The van der Waals surface area contributed by atoms with Gasteiger partial charge in [-0.2, -0.15) is 0 Å². The predicted molar refractivity (Wildman–Crippen MR) is 92.8 cm³/mol. The fourth-order valence-corrected chi connectivity index (χ4v) is 2.98. The molecule has 0 aliphatic heterocycles. The summed E-state index contributed by atoms with van der Waals surface area (Å²) in [6.07, 6.45) is 3.68. The summed E-state index contributed by atoms with van der Waals surface area (Å²) < 4.78 is 1.15. The minimum atomic E-state index is 0.0868. The third-order valence-electron chi connectivity index (χ3n) is 2.92. The predicted octanol–water partition coefficient (Wildman–Crippen LogP) is 3.83. The second kappa shape index (κ2) is 6.85. The van der Waals surface area contributed by atoms with E-state index in [2.05, 4.69) is 68.3 Å². The van der Waals surface area contributed by atoms with Crippen LogP contribution in [0.3, 0.4) is 0 Å². The van der Waals surface area contributed by atoms with Crippen LogP contribution in [0.5, 0.6) is 0 Å². The van der Waals surface area contributed by atoms with Crippen molar-refractivity contribution in [3.8, 4) is 0 Å². The summed E-state index contributed by atoms with van der Waals surface area (Å²) in [6.45, 7) is 7.99. The van der Waals surface area contributed by atoms with Crippen molar-refractivity contribution < 1.29 is 0 Å².